The molecule has 0 aromatic heterocycles. The van der Waals surface area contributed by atoms with Crippen LogP contribution in [0.2, 0.25) is 0 Å². The average Bonchev–Trinajstić information content (AvgIpc) is 2.63. The van der Waals surface area contributed by atoms with Crippen molar-refractivity contribution in [2.45, 2.75) is 39.8 Å². The van der Waals surface area contributed by atoms with Crippen LogP contribution in [0.3, 0.4) is 0 Å². The predicted octanol–water partition coefficient (Wildman–Crippen LogP) is 3.34. The minimum atomic E-state index is -3.67. The molecule has 7 heteroatoms. The number of rotatable bonds is 7. The number of sulfonamides is 1. The van der Waals surface area contributed by atoms with E-state index in [9.17, 15) is 13.2 Å². The van der Waals surface area contributed by atoms with Gasteiger partial charge < -0.3 is 10.1 Å². The van der Waals surface area contributed by atoms with E-state index in [4.69, 9.17) is 4.74 Å². The first-order valence-electron chi connectivity index (χ1n) is 9.05. The molecule has 2 aromatic rings. The van der Waals surface area contributed by atoms with Gasteiger partial charge in [0.15, 0.2) is 0 Å². The number of ether oxygens (including phenoxy) is 1. The SMILES string of the molecule is COc1ccc(N([C@@H](C)C(=O)N[C@H](C)c2cc(C)ccc2C)S(C)(=O)=O)cc1. The molecule has 0 spiro atoms. The first kappa shape index (κ1) is 21.8. The van der Waals surface area contributed by atoms with Crippen molar-refractivity contribution >= 4 is 21.6 Å². The highest BCUT2D eigenvalue weighted by atomic mass is 32.2. The van der Waals surface area contributed by atoms with Crippen molar-refractivity contribution in [1.29, 1.82) is 0 Å². The van der Waals surface area contributed by atoms with Gasteiger partial charge in [0.25, 0.3) is 0 Å². The Labute approximate surface area is 167 Å². The maximum atomic E-state index is 12.9. The summed E-state index contributed by atoms with van der Waals surface area (Å²) in [5.41, 5.74) is 3.59. The standard InChI is InChI=1S/C21H28N2O4S/c1-14-7-8-15(2)20(13-14)16(3)22-21(24)17(4)23(28(6,25)26)18-9-11-19(27-5)12-10-18/h7-13,16-17H,1-6H3,(H,22,24)/t16-,17+/m1/s1. The molecule has 0 saturated heterocycles. The molecular formula is C21H28N2O4S. The first-order chi connectivity index (χ1) is 13.0. The van der Waals surface area contributed by atoms with Gasteiger partial charge in [-0.2, -0.15) is 0 Å². The second-order valence-electron chi connectivity index (χ2n) is 7.02. The molecule has 152 valence electrons. The van der Waals surface area contributed by atoms with Gasteiger partial charge in [-0.15, -0.1) is 0 Å². The molecule has 0 aliphatic heterocycles. The minimum absolute atomic E-state index is 0.243. The van der Waals surface area contributed by atoms with Crippen LogP contribution in [0.25, 0.3) is 0 Å². The zero-order valence-corrected chi connectivity index (χ0v) is 18.0. The van der Waals surface area contributed by atoms with E-state index in [-0.39, 0.29) is 11.9 Å². The molecule has 2 aromatic carbocycles. The largest absolute Gasteiger partial charge is 0.497 e. The number of nitrogens with zero attached hydrogens (tertiary/aromatic N) is 1. The average molecular weight is 405 g/mol. The number of hydrogen-bond donors (Lipinski definition) is 1. The summed E-state index contributed by atoms with van der Waals surface area (Å²) in [5, 5.41) is 2.94. The van der Waals surface area contributed by atoms with Crippen LogP contribution < -0.4 is 14.4 Å². The molecule has 0 unspecified atom stereocenters. The van der Waals surface area contributed by atoms with Crippen LogP contribution in [-0.2, 0) is 14.8 Å². The van der Waals surface area contributed by atoms with Crippen LogP contribution in [0.4, 0.5) is 5.69 Å². The number of carbonyl (C=O) groups is 1. The van der Waals surface area contributed by atoms with E-state index < -0.39 is 16.1 Å². The second kappa shape index (κ2) is 8.65. The Morgan fingerprint density at radius 2 is 1.68 bits per heavy atom. The van der Waals surface area contributed by atoms with E-state index in [2.05, 4.69) is 5.32 Å². The zero-order valence-electron chi connectivity index (χ0n) is 17.2. The number of carbonyl (C=O) groups excluding carboxylic acids is 1. The quantitative estimate of drug-likeness (QED) is 0.768. The van der Waals surface area contributed by atoms with Crippen molar-refractivity contribution < 1.29 is 17.9 Å². The van der Waals surface area contributed by atoms with Crippen molar-refractivity contribution in [3.8, 4) is 5.75 Å². The Balaban J connectivity index is 2.27. The molecule has 28 heavy (non-hydrogen) atoms. The molecule has 0 fully saturated rings. The molecule has 0 heterocycles. The summed E-state index contributed by atoms with van der Waals surface area (Å²) in [6.45, 7) is 7.46. The van der Waals surface area contributed by atoms with E-state index in [1.165, 1.54) is 7.11 Å². The molecule has 0 saturated carbocycles. The lowest BCUT2D eigenvalue weighted by Crippen LogP contribution is -2.48. The van der Waals surface area contributed by atoms with Crippen LogP contribution in [-0.4, -0.2) is 33.7 Å². The third-order valence-electron chi connectivity index (χ3n) is 4.68. The lowest BCUT2D eigenvalue weighted by molar-refractivity contribution is -0.122. The van der Waals surface area contributed by atoms with Crippen molar-refractivity contribution in [3.63, 3.8) is 0 Å². The van der Waals surface area contributed by atoms with E-state index in [0.717, 1.165) is 27.3 Å². The molecule has 0 aliphatic carbocycles. The lowest BCUT2D eigenvalue weighted by Gasteiger charge is -2.29. The number of benzene rings is 2. The van der Waals surface area contributed by atoms with Gasteiger partial charge in [-0.1, -0.05) is 23.8 Å². The maximum Gasteiger partial charge on any atom is 0.244 e. The normalized spacial score (nSPS) is 13.5. The van der Waals surface area contributed by atoms with E-state index in [1.807, 2.05) is 39.0 Å². The topological polar surface area (TPSA) is 75.7 Å². The molecule has 0 radical (unpaired) electrons. The number of nitrogens with one attached hydrogen (secondary N) is 1. The van der Waals surface area contributed by atoms with Gasteiger partial charge in [0.05, 0.1) is 25.1 Å². The number of methoxy groups -OCH3 is 1. The highest BCUT2D eigenvalue weighted by Gasteiger charge is 2.30. The molecule has 6 nitrogen and oxygen atoms in total. The molecule has 2 atom stereocenters. The fourth-order valence-electron chi connectivity index (χ4n) is 3.18. The highest BCUT2D eigenvalue weighted by molar-refractivity contribution is 7.92. The van der Waals surface area contributed by atoms with Crippen molar-refractivity contribution in [1.82, 2.24) is 5.32 Å². The molecule has 0 aliphatic rings. The van der Waals surface area contributed by atoms with E-state index in [0.29, 0.717) is 11.4 Å². The first-order valence-corrected chi connectivity index (χ1v) is 10.9. The maximum absolute atomic E-state index is 12.9. The number of anilines is 1. The summed E-state index contributed by atoms with van der Waals surface area (Å²) in [5.74, 6) is 0.243. The molecular weight excluding hydrogens is 376 g/mol. The van der Waals surface area contributed by atoms with Gasteiger partial charge in [-0.25, -0.2) is 8.42 Å². The number of hydrogen-bond acceptors (Lipinski definition) is 4. The van der Waals surface area contributed by atoms with E-state index >= 15 is 0 Å². The van der Waals surface area contributed by atoms with Crippen molar-refractivity contribution in [2.75, 3.05) is 17.7 Å². The van der Waals surface area contributed by atoms with Gasteiger partial charge in [-0.05, 0) is 63.1 Å². The van der Waals surface area contributed by atoms with Crippen molar-refractivity contribution in [2.24, 2.45) is 0 Å². The minimum Gasteiger partial charge on any atom is -0.497 e. The summed E-state index contributed by atoms with van der Waals surface area (Å²) < 4.78 is 31.0. The third-order valence-corrected chi connectivity index (χ3v) is 5.92. The third kappa shape index (κ3) is 5.04. The van der Waals surface area contributed by atoms with Crippen LogP contribution in [0.1, 0.15) is 36.6 Å². The Morgan fingerprint density at radius 1 is 1.07 bits per heavy atom. The Morgan fingerprint density at radius 3 is 2.21 bits per heavy atom. The number of amides is 1. The summed E-state index contributed by atoms with van der Waals surface area (Å²) >= 11 is 0. The fraction of sp³-hybridized carbons (Fsp3) is 0.381. The number of aryl methyl sites for hydroxylation is 2. The Kier molecular flexibility index (Phi) is 6.72. The Bertz CT molecular complexity index is 939. The van der Waals surface area contributed by atoms with Crippen molar-refractivity contribution in [3.05, 3.63) is 59.2 Å². The summed E-state index contributed by atoms with van der Waals surface area (Å²) in [4.78, 5) is 12.9. The van der Waals surface area contributed by atoms with Gasteiger partial charge in [-0.3, -0.25) is 9.10 Å². The highest BCUT2D eigenvalue weighted by Crippen LogP contribution is 2.25. The van der Waals surface area contributed by atoms with E-state index in [1.54, 1.807) is 31.2 Å². The van der Waals surface area contributed by atoms with Gasteiger partial charge >= 0.3 is 0 Å². The summed E-state index contributed by atoms with van der Waals surface area (Å²) in [7, 11) is -2.13. The molecule has 1 amide bonds. The monoisotopic (exact) mass is 404 g/mol. The molecule has 1 N–H and O–H groups in total. The van der Waals surface area contributed by atoms with Crippen LogP contribution in [0.15, 0.2) is 42.5 Å². The van der Waals surface area contributed by atoms with Gasteiger partial charge in [0, 0.05) is 0 Å². The fourth-order valence-corrected chi connectivity index (χ4v) is 4.35. The smallest absolute Gasteiger partial charge is 0.244 e. The van der Waals surface area contributed by atoms with Crippen LogP contribution >= 0.6 is 0 Å². The van der Waals surface area contributed by atoms with Crippen LogP contribution in [0.5, 0.6) is 5.75 Å². The lowest BCUT2D eigenvalue weighted by atomic mass is 10.00. The second-order valence-corrected chi connectivity index (χ2v) is 8.88. The van der Waals surface area contributed by atoms with Gasteiger partial charge in [0.2, 0.25) is 15.9 Å². The van der Waals surface area contributed by atoms with Crippen LogP contribution in [0, 0.1) is 13.8 Å². The Hall–Kier alpha value is -2.54. The van der Waals surface area contributed by atoms with Gasteiger partial charge in [0.1, 0.15) is 11.8 Å². The summed E-state index contributed by atoms with van der Waals surface area (Å²) in [6, 6.07) is 11.5. The molecule has 2 rings (SSSR count). The zero-order chi connectivity index (χ0) is 21.1. The predicted molar refractivity (Wildman–Crippen MR) is 112 cm³/mol. The summed E-state index contributed by atoms with van der Waals surface area (Å²) in [6.07, 6.45) is 1.09. The molecule has 0 bridgehead atoms.